The zero-order chi connectivity index (χ0) is 19.6. The zero-order valence-corrected chi connectivity index (χ0v) is 16.6. The number of carbonyl (C=O) groups excluding carboxylic acids is 1. The summed E-state index contributed by atoms with van der Waals surface area (Å²) in [4.78, 5) is 19.9. The van der Waals surface area contributed by atoms with Gasteiger partial charge in [-0.25, -0.2) is 4.98 Å². The third-order valence-corrected chi connectivity index (χ3v) is 4.95. The minimum Gasteiger partial charge on any atom is -0.350 e. The van der Waals surface area contributed by atoms with Gasteiger partial charge in [-0.05, 0) is 38.2 Å². The lowest BCUT2D eigenvalue weighted by Crippen LogP contribution is -2.43. The van der Waals surface area contributed by atoms with Crippen LogP contribution in [0.5, 0.6) is 0 Å². The van der Waals surface area contributed by atoms with Crippen LogP contribution < -0.4 is 5.32 Å². The summed E-state index contributed by atoms with van der Waals surface area (Å²) >= 11 is 0. The van der Waals surface area contributed by atoms with Gasteiger partial charge in [-0.2, -0.15) is 5.10 Å². The average Bonchev–Trinajstić information content (AvgIpc) is 3.06. The van der Waals surface area contributed by atoms with E-state index < -0.39 is 0 Å². The first-order chi connectivity index (χ1) is 12.9. The predicted octanol–water partition coefficient (Wildman–Crippen LogP) is 2.95. The molecule has 0 bridgehead atoms. The molecular formula is C21H27N5O. The molecule has 0 aliphatic heterocycles. The third kappa shape index (κ3) is 4.01. The van der Waals surface area contributed by atoms with Crippen molar-refractivity contribution in [1.29, 1.82) is 0 Å². The Morgan fingerprint density at radius 2 is 1.96 bits per heavy atom. The molecule has 27 heavy (non-hydrogen) atoms. The fourth-order valence-electron chi connectivity index (χ4n) is 3.43. The molecule has 0 aliphatic rings. The molecule has 0 unspecified atom stereocenters. The Bertz CT molecular complexity index is 937. The molecule has 0 saturated heterocycles. The number of carbonyl (C=O) groups is 1. The quantitative estimate of drug-likeness (QED) is 0.729. The van der Waals surface area contributed by atoms with Gasteiger partial charge in [-0.15, -0.1) is 0 Å². The molecular weight excluding hydrogens is 338 g/mol. The normalized spacial score (nSPS) is 12.7. The number of hydrogen-bond acceptors (Lipinski definition) is 4. The third-order valence-electron chi connectivity index (χ3n) is 4.95. The van der Waals surface area contributed by atoms with E-state index in [1.807, 2.05) is 57.5 Å². The molecule has 142 valence electrons. The summed E-state index contributed by atoms with van der Waals surface area (Å²) in [6.45, 7) is 4.93. The average molecular weight is 365 g/mol. The lowest BCUT2D eigenvalue weighted by Gasteiger charge is -2.28. The van der Waals surface area contributed by atoms with Gasteiger partial charge >= 0.3 is 0 Å². The lowest BCUT2D eigenvalue weighted by atomic mass is 10.0. The molecule has 0 radical (unpaired) electrons. The van der Waals surface area contributed by atoms with Crippen molar-refractivity contribution in [3.05, 3.63) is 48.2 Å². The Morgan fingerprint density at radius 1 is 1.22 bits per heavy atom. The second kappa shape index (κ2) is 7.88. The van der Waals surface area contributed by atoms with Crippen molar-refractivity contribution in [2.24, 2.45) is 13.0 Å². The Hall–Kier alpha value is -2.73. The Morgan fingerprint density at radius 3 is 2.59 bits per heavy atom. The van der Waals surface area contributed by atoms with E-state index in [1.165, 1.54) is 0 Å². The lowest BCUT2D eigenvalue weighted by molar-refractivity contribution is 0.0936. The van der Waals surface area contributed by atoms with E-state index in [4.69, 9.17) is 4.98 Å². The van der Waals surface area contributed by atoms with Crippen LogP contribution in [0.1, 0.15) is 24.2 Å². The van der Waals surface area contributed by atoms with E-state index in [-0.39, 0.29) is 11.9 Å². The molecule has 6 nitrogen and oxygen atoms in total. The summed E-state index contributed by atoms with van der Waals surface area (Å²) in [5.41, 5.74) is 3.06. The molecule has 0 fully saturated rings. The first-order valence-corrected chi connectivity index (χ1v) is 9.21. The summed E-state index contributed by atoms with van der Waals surface area (Å²) in [5, 5.41) is 8.18. The van der Waals surface area contributed by atoms with Crippen LogP contribution in [0.3, 0.4) is 0 Å². The van der Waals surface area contributed by atoms with Gasteiger partial charge in [0.2, 0.25) is 0 Å². The number of likely N-dealkylation sites (N-methyl/N-ethyl adjacent to an activating group) is 1. The first kappa shape index (κ1) is 19.0. The Balaban J connectivity index is 1.97. The largest absolute Gasteiger partial charge is 0.350 e. The van der Waals surface area contributed by atoms with Crippen LogP contribution in [0.15, 0.2) is 42.6 Å². The smallest absolute Gasteiger partial charge is 0.252 e. The van der Waals surface area contributed by atoms with E-state index in [9.17, 15) is 4.79 Å². The number of pyridine rings is 1. The molecule has 3 rings (SSSR count). The highest BCUT2D eigenvalue weighted by Gasteiger charge is 2.19. The highest BCUT2D eigenvalue weighted by Crippen LogP contribution is 2.24. The van der Waals surface area contributed by atoms with E-state index in [1.54, 1.807) is 10.9 Å². The van der Waals surface area contributed by atoms with Gasteiger partial charge in [-0.3, -0.25) is 9.48 Å². The maximum absolute atomic E-state index is 13.0. The minimum atomic E-state index is -0.0791. The van der Waals surface area contributed by atoms with Crippen molar-refractivity contribution < 1.29 is 4.79 Å². The highest BCUT2D eigenvalue weighted by molar-refractivity contribution is 6.07. The number of aryl methyl sites for hydroxylation is 1. The molecule has 2 aromatic heterocycles. The topological polar surface area (TPSA) is 63.1 Å². The van der Waals surface area contributed by atoms with Crippen LogP contribution in [0.25, 0.3) is 22.3 Å². The Kier molecular flexibility index (Phi) is 5.56. The number of amides is 1. The predicted molar refractivity (Wildman–Crippen MR) is 109 cm³/mol. The van der Waals surface area contributed by atoms with Gasteiger partial charge in [-0.1, -0.05) is 32.0 Å². The molecule has 0 spiro atoms. The monoisotopic (exact) mass is 365 g/mol. The van der Waals surface area contributed by atoms with Crippen molar-refractivity contribution in [2.45, 2.75) is 19.9 Å². The van der Waals surface area contributed by atoms with Crippen LogP contribution in [-0.2, 0) is 7.05 Å². The summed E-state index contributed by atoms with van der Waals surface area (Å²) in [5.74, 6) is 0.365. The Labute approximate surface area is 160 Å². The molecule has 3 aromatic rings. The molecule has 1 amide bonds. The van der Waals surface area contributed by atoms with E-state index in [0.717, 1.165) is 22.3 Å². The molecule has 0 saturated carbocycles. The summed E-state index contributed by atoms with van der Waals surface area (Å²) < 4.78 is 1.76. The number of rotatable bonds is 6. The second-order valence-electron chi connectivity index (χ2n) is 7.40. The van der Waals surface area contributed by atoms with E-state index in [0.29, 0.717) is 18.0 Å². The zero-order valence-electron chi connectivity index (χ0n) is 16.6. The van der Waals surface area contributed by atoms with Crippen molar-refractivity contribution in [2.75, 3.05) is 20.6 Å². The molecule has 1 N–H and O–H groups in total. The number of benzene rings is 1. The van der Waals surface area contributed by atoms with Gasteiger partial charge < -0.3 is 10.2 Å². The highest BCUT2D eigenvalue weighted by atomic mass is 16.1. The molecule has 0 aliphatic carbocycles. The van der Waals surface area contributed by atoms with Gasteiger partial charge in [0.1, 0.15) is 0 Å². The molecule has 6 heteroatoms. The van der Waals surface area contributed by atoms with Crippen molar-refractivity contribution in [1.82, 2.24) is 25.0 Å². The number of hydrogen-bond donors (Lipinski definition) is 1. The van der Waals surface area contributed by atoms with Crippen LogP contribution in [0.4, 0.5) is 0 Å². The number of aromatic nitrogens is 3. The van der Waals surface area contributed by atoms with Gasteiger partial charge in [0.15, 0.2) is 0 Å². The van der Waals surface area contributed by atoms with Gasteiger partial charge in [0.05, 0.1) is 22.5 Å². The summed E-state index contributed by atoms with van der Waals surface area (Å²) in [7, 11) is 5.95. The SMILES string of the molecule is CC(C)[C@@H](CNC(=O)c1cc(-c2ccnn2C)nc2ccccc12)N(C)C. The van der Waals surface area contributed by atoms with Crippen molar-refractivity contribution in [3.8, 4) is 11.4 Å². The number of nitrogens with zero attached hydrogens (tertiary/aromatic N) is 4. The van der Waals surface area contributed by atoms with Crippen LogP contribution in [0, 0.1) is 5.92 Å². The fourth-order valence-corrected chi connectivity index (χ4v) is 3.43. The van der Waals surface area contributed by atoms with Crippen LogP contribution in [-0.4, -0.2) is 52.3 Å². The number of nitrogens with one attached hydrogen (secondary N) is 1. The molecule has 1 atom stereocenters. The second-order valence-corrected chi connectivity index (χ2v) is 7.40. The summed E-state index contributed by atoms with van der Waals surface area (Å²) in [6, 6.07) is 11.8. The molecule has 1 aromatic carbocycles. The number of para-hydroxylation sites is 1. The van der Waals surface area contributed by atoms with E-state index >= 15 is 0 Å². The maximum Gasteiger partial charge on any atom is 0.252 e. The van der Waals surface area contributed by atoms with Crippen LogP contribution in [0.2, 0.25) is 0 Å². The van der Waals surface area contributed by atoms with Gasteiger partial charge in [0, 0.05) is 31.2 Å². The number of fused-ring (bicyclic) bond motifs is 1. The minimum absolute atomic E-state index is 0.0791. The molecule has 2 heterocycles. The van der Waals surface area contributed by atoms with Gasteiger partial charge in [0.25, 0.3) is 5.91 Å². The maximum atomic E-state index is 13.0. The first-order valence-electron chi connectivity index (χ1n) is 9.21. The van der Waals surface area contributed by atoms with E-state index in [2.05, 4.69) is 29.2 Å². The summed E-state index contributed by atoms with van der Waals surface area (Å²) in [6.07, 6.45) is 1.73. The van der Waals surface area contributed by atoms with Crippen molar-refractivity contribution >= 4 is 16.8 Å². The fraction of sp³-hybridized carbons (Fsp3) is 0.381. The standard InChI is InChI=1S/C21H27N5O/c1-14(2)20(25(3)4)13-22-21(27)16-12-18(19-10-11-23-26(19)5)24-17-9-7-6-8-15(16)17/h6-12,14,20H,13H2,1-5H3,(H,22,27)/t20-/m1/s1. The van der Waals surface area contributed by atoms with Crippen LogP contribution >= 0.6 is 0 Å². The van der Waals surface area contributed by atoms with Crippen molar-refractivity contribution in [3.63, 3.8) is 0 Å².